The van der Waals surface area contributed by atoms with Crippen molar-refractivity contribution in [3.05, 3.63) is 0 Å². The first-order valence-corrected chi connectivity index (χ1v) is 84.7. The fourth-order valence-electron chi connectivity index (χ4n) is 0.617. The van der Waals surface area contributed by atoms with E-state index in [0.29, 0.717) is 0 Å². The number of hydrogen-bond donors (Lipinski definition) is 0. The normalized spacial score (nSPS) is 7.78. The quantitative estimate of drug-likeness (QED) is 0.295. The van der Waals surface area contributed by atoms with Gasteiger partial charge in [-0.1, -0.05) is 0 Å². The fraction of sp³-hybridized carbons (Fsp3) is 0. The standard InChI is InChI=1S/BS57/c1-3-5-7-9-11-13-15-17-19-21-23-25-27-29-31-33-35-37-39-41-43-45-47-49-51-53-55-57-58-56-54-52-50-48-46-44-42-40-38-36-34-32-30-28-26-24-22-20-18-16-14-12-10-8-6-4-2. The van der Waals surface area contributed by atoms with E-state index in [-0.39, 0.29) is 0 Å². The summed E-state index contributed by atoms with van der Waals surface area (Å²) in [6.45, 7) is 5.36. The zero-order valence-corrected chi connectivity index (χ0v) is 70.4. The van der Waals surface area contributed by atoms with Crippen molar-refractivity contribution in [2.75, 3.05) is 0 Å². The molecule has 0 N–H and O–H groups in total. The zero-order chi connectivity index (χ0) is 41.6. The van der Waals surface area contributed by atoms with Crippen LogP contribution in [0.3, 0.4) is 0 Å². The van der Waals surface area contributed by atoms with Gasteiger partial charge in [0.2, 0.25) is 0 Å². The van der Waals surface area contributed by atoms with E-state index in [1.165, 1.54) is 18.6 Å². The molecule has 0 atom stereocenters. The zero-order valence-electron chi connectivity index (χ0n) is 23.8. The van der Waals surface area contributed by atoms with Crippen molar-refractivity contribution >= 4 is 516 Å². The van der Waals surface area contributed by atoms with E-state index in [1.54, 1.807) is 115 Å². The van der Waals surface area contributed by atoms with Gasteiger partial charge in [0.1, 0.15) is 0 Å². The Bertz CT molecular complexity index is 3850. The van der Waals surface area contributed by atoms with Gasteiger partial charge in [-0.15, -0.1) is 0 Å². The number of rotatable bonds is 0. The van der Waals surface area contributed by atoms with E-state index < -0.39 is 0 Å². The molecule has 0 unspecified atom stereocenters. The molecule has 1 radical (unpaired) electrons. The molecular weight excluding hydrogens is 1840 g/mol. The van der Waals surface area contributed by atoms with Gasteiger partial charge < -0.3 is 0 Å². The van der Waals surface area contributed by atoms with Gasteiger partial charge in [0, 0.05) is 402 Å². The van der Waals surface area contributed by atoms with Gasteiger partial charge in [-0.2, -0.15) is 0 Å². The summed E-state index contributed by atoms with van der Waals surface area (Å²) in [6.07, 6.45) is 0. The molecule has 0 aromatic carbocycles. The van der Waals surface area contributed by atoms with Crippen LogP contribution >= 0.6 is 0 Å². The summed E-state index contributed by atoms with van der Waals surface area (Å²) < 4.78 is 0. The molecule has 345 valence electrons. The van der Waals surface area contributed by atoms with Crippen LogP contribution in [-0.4, -0.2) is 6.72 Å². The second kappa shape index (κ2) is 69.6. The van der Waals surface area contributed by atoms with Gasteiger partial charge in [-0.05, 0) is 0 Å². The Balaban J connectivity index is 6.11. The maximum absolute atomic E-state index is 5.36. The van der Waals surface area contributed by atoms with Gasteiger partial charge in [0.05, 0.1) is 0 Å². The Morgan fingerprint density at radius 3 is 0.310 bits per heavy atom. The summed E-state index contributed by atoms with van der Waals surface area (Å²) in [7, 11) is 100. The van der Waals surface area contributed by atoms with Crippen LogP contribution in [0.1, 0.15) is 0 Å². The van der Waals surface area contributed by atoms with Gasteiger partial charge in [-0.3, -0.25) is 0 Å². The molecular formula is BS57. The van der Waals surface area contributed by atoms with Crippen LogP contribution < -0.4 is 0 Å². The number of hydrogen-bond acceptors (Lipinski definition) is 1. The van der Waals surface area contributed by atoms with Gasteiger partial charge in [0.25, 0.3) is 0 Å². The first-order valence-electron chi connectivity index (χ1n) is 9.57. The average Bonchev–Trinajstić information content (AvgIpc) is 3.23. The molecule has 0 aromatic rings. The molecule has 0 spiro atoms. The van der Waals surface area contributed by atoms with Crippen molar-refractivity contribution in [3.8, 4) is 0 Å². The minimum absolute atomic E-state index is 1.29. The van der Waals surface area contributed by atoms with E-state index >= 15 is 0 Å². The van der Waals surface area contributed by atoms with Crippen LogP contribution in [0, 0.1) is 0 Å². The summed E-state index contributed by atoms with van der Waals surface area (Å²) in [4.78, 5) is 0. The maximum atomic E-state index is 5.36. The molecule has 0 aliphatic heterocycles. The van der Waals surface area contributed by atoms with Gasteiger partial charge >= 0.3 is 114 Å². The molecule has 0 bridgehead atoms. The first-order chi connectivity index (χ1) is 28.9. The molecule has 0 aliphatic carbocycles. The SMILES string of the molecule is [B]=S=S=S=S=S=S=S=S=S=S=S=S=S=S=S=S=S=S=S=S=S=S=S=S=S=S=S=S=S=S=S=S=S=S=S=S=S=S=S=S=S=S=S=S=S=S=S=S=S=S=S=S=S=S=S=S=S. The Hall–Kier alpha value is 12.6. The summed E-state index contributed by atoms with van der Waals surface area (Å²) >= 11 is 4.82. The van der Waals surface area contributed by atoms with Crippen molar-refractivity contribution in [2.24, 2.45) is 0 Å². The Morgan fingerprint density at radius 2 is 0.224 bits per heavy atom. The van der Waals surface area contributed by atoms with Crippen molar-refractivity contribution in [1.82, 2.24) is 0 Å². The Labute approximate surface area is 500 Å². The van der Waals surface area contributed by atoms with Gasteiger partial charge in [0.15, 0.2) is 0 Å². The molecule has 0 aliphatic rings. The molecule has 0 fully saturated rings. The summed E-state index contributed by atoms with van der Waals surface area (Å²) in [5, 5.41) is 0. The van der Waals surface area contributed by atoms with Crippen LogP contribution in [0.2, 0.25) is 0 Å². The third kappa shape index (κ3) is 68.6. The minimum atomic E-state index is 1.29. The van der Waals surface area contributed by atoms with E-state index in [2.05, 4.69) is 0 Å². The van der Waals surface area contributed by atoms with Crippen molar-refractivity contribution in [2.45, 2.75) is 0 Å². The fourth-order valence-corrected chi connectivity index (χ4v) is 147. The van der Waals surface area contributed by atoms with Crippen LogP contribution in [0.15, 0.2) is 0 Å². The van der Waals surface area contributed by atoms with Crippen LogP contribution in [0.25, 0.3) is 0 Å². The van der Waals surface area contributed by atoms with Crippen LogP contribution in [0.5, 0.6) is 0 Å². The van der Waals surface area contributed by atoms with Gasteiger partial charge in [-0.25, -0.2) is 0 Å². The Kier molecular flexibility index (Phi) is 84.7. The smallest absolute Gasteiger partial charge is 0 e. The molecule has 0 nitrogen and oxygen atoms in total. The molecule has 58 heteroatoms. The third-order valence-electron chi connectivity index (χ3n) is 1.54. The summed E-state index contributed by atoms with van der Waals surface area (Å²) in [5.41, 5.74) is 0. The molecule has 0 saturated carbocycles. The van der Waals surface area contributed by atoms with Crippen molar-refractivity contribution < 1.29 is 0 Å². The average molecular weight is 1840 g/mol. The van der Waals surface area contributed by atoms with E-state index in [1.807, 2.05) is 364 Å². The predicted molar refractivity (Wildman–Crippen MR) is 426 cm³/mol. The summed E-state index contributed by atoms with van der Waals surface area (Å²) in [6, 6.07) is 0. The molecule has 0 amide bonds. The van der Waals surface area contributed by atoms with E-state index in [0.717, 1.165) is 0 Å². The third-order valence-corrected chi connectivity index (χ3v) is 123. The van der Waals surface area contributed by atoms with Crippen LogP contribution in [0.4, 0.5) is 0 Å². The van der Waals surface area contributed by atoms with E-state index in [4.69, 9.17) is 17.9 Å². The predicted octanol–water partition coefficient (Wildman–Crippen LogP) is -0.518. The second-order valence-electron chi connectivity index (χ2n) is 3.84. The molecule has 0 saturated heterocycles. The molecule has 0 heterocycles. The monoisotopic (exact) mass is 1830 g/mol. The molecule has 0 rings (SSSR count). The second-order valence-corrected chi connectivity index (χ2v) is 102. The molecule has 0 aromatic heterocycles. The minimum Gasteiger partial charge on any atom is 0 e. The van der Waals surface area contributed by atoms with E-state index in [9.17, 15) is 0 Å². The van der Waals surface area contributed by atoms with Crippen molar-refractivity contribution in [3.63, 3.8) is 0 Å². The Morgan fingerprint density at radius 1 is 0.138 bits per heavy atom. The van der Waals surface area contributed by atoms with Crippen LogP contribution in [-0.2, 0) is 509 Å². The summed E-state index contributed by atoms with van der Waals surface area (Å²) in [5.74, 6) is 0. The first kappa shape index (κ1) is 70.6. The van der Waals surface area contributed by atoms with Crippen molar-refractivity contribution in [1.29, 1.82) is 0 Å². The topological polar surface area (TPSA) is 0 Å². The molecule has 58 heavy (non-hydrogen) atoms.